The van der Waals surface area contributed by atoms with Gasteiger partial charge in [0.15, 0.2) is 0 Å². The van der Waals surface area contributed by atoms with E-state index in [0.717, 1.165) is 12.5 Å². The van der Waals surface area contributed by atoms with E-state index in [2.05, 4.69) is 34.1 Å². The molecule has 1 heterocycles. The summed E-state index contributed by atoms with van der Waals surface area (Å²) in [6.45, 7) is 0.923. The maximum atomic E-state index is 5.69. The molecule has 1 aromatic carbocycles. The second-order valence-electron chi connectivity index (χ2n) is 4.56. The molecule has 1 aliphatic heterocycles. The SMILES string of the molecule is Brc1cc(C2CCCO2)ccc1C1CC1. The number of ether oxygens (including phenoxy) is 1. The summed E-state index contributed by atoms with van der Waals surface area (Å²) >= 11 is 3.68. The molecular formula is C13H15BrO. The molecule has 2 aliphatic rings. The minimum atomic E-state index is 0.342. The van der Waals surface area contributed by atoms with Gasteiger partial charge in [-0.2, -0.15) is 0 Å². The number of hydrogen-bond donors (Lipinski definition) is 0. The Kier molecular flexibility index (Phi) is 2.57. The summed E-state index contributed by atoms with van der Waals surface area (Å²) < 4.78 is 6.97. The van der Waals surface area contributed by atoms with Crippen molar-refractivity contribution < 1.29 is 4.74 Å². The summed E-state index contributed by atoms with van der Waals surface area (Å²) in [7, 11) is 0. The Morgan fingerprint density at radius 1 is 1.20 bits per heavy atom. The van der Waals surface area contributed by atoms with Crippen molar-refractivity contribution in [2.24, 2.45) is 0 Å². The lowest BCUT2D eigenvalue weighted by atomic mass is 10.0. The molecule has 1 nitrogen and oxygen atoms in total. The van der Waals surface area contributed by atoms with Crippen LogP contribution in [-0.2, 0) is 4.74 Å². The molecule has 1 unspecified atom stereocenters. The zero-order valence-electron chi connectivity index (χ0n) is 8.71. The molecule has 3 rings (SSSR count). The Bertz CT molecular complexity index is 365. The summed E-state index contributed by atoms with van der Waals surface area (Å²) in [6, 6.07) is 6.77. The Morgan fingerprint density at radius 2 is 2.07 bits per heavy atom. The van der Waals surface area contributed by atoms with E-state index in [0.29, 0.717) is 6.10 Å². The van der Waals surface area contributed by atoms with Crippen LogP contribution in [0.15, 0.2) is 22.7 Å². The maximum Gasteiger partial charge on any atom is 0.0826 e. The van der Waals surface area contributed by atoms with Crippen molar-refractivity contribution in [2.75, 3.05) is 6.61 Å². The molecule has 1 aliphatic carbocycles. The highest BCUT2D eigenvalue weighted by Gasteiger charge is 2.26. The van der Waals surface area contributed by atoms with Gasteiger partial charge in [0.2, 0.25) is 0 Å². The molecule has 2 heteroatoms. The number of halogens is 1. The van der Waals surface area contributed by atoms with E-state index < -0.39 is 0 Å². The zero-order valence-corrected chi connectivity index (χ0v) is 10.3. The monoisotopic (exact) mass is 266 g/mol. The molecule has 80 valence electrons. The lowest BCUT2D eigenvalue weighted by Gasteiger charge is -2.12. The van der Waals surface area contributed by atoms with Gasteiger partial charge in [0.1, 0.15) is 0 Å². The van der Waals surface area contributed by atoms with Crippen LogP contribution >= 0.6 is 15.9 Å². The molecule has 1 atom stereocenters. The van der Waals surface area contributed by atoms with Crippen molar-refractivity contribution in [2.45, 2.75) is 37.7 Å². The largest absolute Gasteiger partial charge is 0.374 e. The van der Waals surface area contributed by atoms with Crippen molar-refractivity contribution in [3.05, 3.63) is 33.8 Å². The van der Waals surface area contributed by atoms with Gasteiger partial charge >= 0.3 is 0 Å². The fraction of sp³-hybridized carbons (Fsp3) is 0.538. The first kappa shape index (κ1) is 9.86. The van der Waals surface area contributed by atoms with E-state index in [1.165, 1.54) is 41.3 Å². The fourth-order valence-electron chi connectivity index (χ4n) is 2.31. The first-order valence-corrected chi connectivity index (χ1v) is 6.55. The summed E-state index contributed by atoms with van der Waals surface area (Å²) in [5.41, 5.74) is 2.82. The summed E-state index contributed by atoms with van der Waals surface area (Å²) in [5.74, 6) is 0.818. The quantitative estimate of drug-likeness (QED) is 0.781. The van der Waals surface area contributed by atoms with Crippen LogP contribution in [0.5, 0.6) is 0 Å². The topological polar surface area (TPSA) is 9.23 Å². The summed E-state index contributed by atoms with van der Waals surface area (Å²) in [6.07, 6.45) is 5.44. The first-order chi connectivity index (χ1) is 7.34. The van der Waals surface area contributed by atoms with Crippen LogP contribution < -0.4 is 0 Å². The maximum absolute atomic E-state index is 5.69. The number of hydrogen-bond acceptors (Lipinski definition) is 1. The average Bonchev–Trinajstić information content (AvgIpc) is 2.93. The van der Waals surface area contributed by atoms with Gasteiger partial charge in [0, 0.05) is 11.1 Å². The normalized spacial score (nSPS) is 25.8. The van der Waals surface area contributed by atoms with Crippen LogP contribution in [0.3, 0.4) is 0 Å². The van der Waals surface area contributed by atoms with Crippen molar-refractivity contribution in [3.63, 3.8) is 0 Å². The van der Waals surface area contributed by atoms with Crippen LogP contribution in [0, 0.1) is 0 Å². The fourth-order valence-corrected chi connectivity index (χ4v) is 3.03. The van der Waals surface area contributed by atoms with Crippen LogP contribution in [-0.4, -0.2) is 6.61 Å². The predicted octanol–water partition coefficient (Wildman–Crippen LogP) is 4.18. The Balaban J connectivity index is 1.87. The molecular weight excluding hydrogens is 252 g/mol. The van der Waals surface area contributed by atoms with Crippen molar-refractivity contribution in [3.8, 4) is 0 Å². The van der Waals surface area contributed by atoms with Gasteiger partial charge in [-0.1, -0.05) is 28.1 Å². The average molecular weight is 267 g/mol. The third kappa shape index (κ3) is 1.98. The highest BCUT2D eigenvalue weighted by atomic mass is 79.9. The van der Waals surface area contributed by atoms with Crippen LogP contribution in [0.2, 0.25) is 0 Å². The Labute approximate surface area is 99.0 Å². The molecule has 0 aromatic heterocycles. The molecule has 0 amide bonds. The zero-order chi connectivity index (χ0) is 10.3. The highest BCUT2D eigenvalue weighted by Crippen LogP contribution is 2.44. The summed E-state index contributed by atoms with van der Waals surface area (Å²) in [4.78, 5) is 0. The molecule has 1 saturated heterocycles. The predicted molar refractivity (Wildman–Crippen MR) is 64.0 cm³/mol. The molecule has 0 bridgehead atoms. The molecule has 1 aromatic rings. The van der Waals surface area contributed by atoms with E-state index in [9.17, 15) is 0 Å². The van der Waals surface area contributed by atoms with Crippen LogP contribution in [0.25, 0.3) is 0 Å². The van der Waals surface area contributed by atoms with Gasteiger partial charge < -0.3 is 4.74 Å². The van der Waals surface area contributed by atoms with Gasteiger partial charge in [0.25, 0.3) is 0 Å². The van der Waals surface area contributed by atoms with Gasteiger partial charge in [-0.3, -0.25) is 0 Å². The minimum Gasteiger partial charge on any atom is -0.374 e. The second-order valence-corrected chi connectivity index (χ2v) is 5.41. The van der Waals surface area contributed by atoms with E-state index in [4.69, 9.17) is 4.74 Å². The third-order valence-corrected chi connectivity index (χ3v) is 4.03. The van der Waals surface area contributed by atoms with Crippen molar-refractivity contribution in [1.82, 2.24) is 0 Å². The molecule has 15 heavy (non-hydrogen) atoms. The Hall–Kier alpha value is -0.340. The smallest absolute Gasteiger partial charge is 0.0826 e. The van der Waals surface area contributed by atoms with E-state index in [-0.39, 0.29) is 0 Å². The van der Waals surface area contributed by atoms with Gasteiger partial charge in [-0.25, -0.2) is 0 Å². The molecule has 2 fully saturated rings. The van der Waals surface area contributed by atoms with E-state index in [1.54, 1.807) is 0 Å². The van der Waals surface area contributed by atoms with E-state index in [1.807, 2.05) is 0 Å². The molecule has 0 radical (unpaired) electrons. The molecule has 1 saturated carbocycles. The summed E-state index contributed by atoms with van der Waals surface area (Å²) in [5, 5.41) is 0. The second kappa shape index (κ2) is 3.91. The van der Waals surface area contributed by atoms with E-state index >= 15 is 0 Å². The van der Waals surface area contributed by atoms with Crippen LogP contribution in [0.4, 0.5) is 0 Å². The lowest BCUT2D eigenvalue weighted by Crippen LogP contribution is -1.96. The standard InChI is InChI=1S/C13H15BrO/c14-12-8-10(13-2-1-7-15-13)5-6-11(12)9-3-4-9/h5-6,8-9,13H,1-4,7H2. The van der Waals surface area contributed by atoms with Crippen molar-refractivity contribution >= 4 is 15.9 Å². The molecule has 0 N–H and O–H groups in total. The molecule has 0 spiro atoms. The third-order valence-electron chi connectivity index (χ3n) is 3.34. The van der Waals surface area contributed by atoms with Gasteiger partial charge in [0.05, 0.1) is 6.10 Å². The van der Waals surface area contributed by atoms with Gasteiger partial charge in [-0.15, -0.1) is 0 Å². The highest BCUT2D eigenvalue weighted by molar-refractivity contribution is 9.10. The van der Waals surface area contributed by atoms with Crippen LogP contribution in [0.1, 0.15) is 48.8 Å². The number of rotatable bonds is 2. The first-order valence-electron chi connectivity index (χ1n) is 5.75. The number of benzene rings is 1. The lowest BCUT2D eigenvalue weighted by molar-refractivity contribution is 0.112. The minimum absolute atomic E-state index is 0.342. The van der Waals surface area contributed by atoms with Crippen molar-refractivity contribution in [1.29, 1.82) is 0 Å². The Morgan fingerprint density at radius 3 is 2.67 bits per heavy atom. The van der Waals surface area contributed by atoms with Gasteiger partial charge in [-0.05, 0) is 48.8 Å².